The van der Waals surface area contributed by atoms with Gasteiger partial charge in [-0.05, 0) is 0 Å². The van der Waals surface area contributed by atoms with Gasteiger partial charge in [-0.15, -0.1) is 11.3 Å². The van der Waals surface area contributed by atoms with Crippen LogP contribution in [0.25, 0.3) is 11.3 Å². The summed E-state index contributed by atoms with van der Waals surface area (Å²) in [7, 11) is 1.43. The van der Waals surface area contributed by atoms with E-state index in [0.29, 0.717) is 6.54 Å². The maximum absolute atomic E-state index is 11.3. The molecule has 0 radical (unpaired) electrons. The number of anilines is 1. The number of piperazine rings is 1. The van der Waals surface area contributed by atoms with Gasteiger partial charge in [-0.1, -0.05) is 30.3 Å². The van der Waals surface area contributed by atoms with Gasteiger partial charge >= 0.3 is 5.97 Å². The van der Waals surface area contributed by atoms with E-state index in [9.17, 15) is 4.79 Å². The van der Waals surface area contributed by atoms with Gasteiger partial charge in [0.25, 0.3) is 0 Å². The van der Waals surface area contributed by atoms with Crippen LogP contribution in [0.4, 0.5) is 5.13 Å². The summed E-state index contributed by atoms with van der Waals surface area (Å²) < 4.78 is 4.71. The third-order valence-corrected chi connectivity index (χ3v) is 4.69. The normalized spacial score (nSPS) is 15.8. The molecule has 1 aliphatic rings. The molecule has 3 rings (SSSR count). The Balaban J connectivity index is 1.60. The number of methoxy groups -OCH3 is 1. The third kappa shape index (κ3) is 3.45. The standard InChI is InChI=1S/C16H19N3O2S/c1-21-15(20)11-18-7-9-19(10-8-18)16-17-14(12-22-16)13-5-3-2-4-6-13/h2-6,12H,7-11H2,1H3. The van der Waals surface area contributed by atoms with Crippen molar-refractivity contribution in [3.63, 3.8) is 0 Å². The van der Waals surface area contributed by atoms with Gasteiger partial charge < -0.3 is 9.64 Å². The molecule has 5 nitrogen and oxygen atoms in total. The van der Waals surface area contributed by atoms with Crippen molar-refractivity contribution in [3.05, 3.63) is 35.7 Å². The molecule has 1 aromatic carbocycles. The zero-order chi connectivity index (χ0) is 15.4. The summed E-state index contributed by atoms with van der Waals surface area (Å²) in [5, 5.41) is 3.16. The number of nitrogens with zero attached hydrogens (tertiary/aromatic N) is 3. The minimum Gasteiger partial charge on any atom is -0.468 e. The van der Waals surface area contributed by atoms with Crippen molar-refractivity contribution in [3.8, 4) is 11.3 Å². The number of thiazole rings is 1. The molecule has 1 aromatic heterocycles. The number of ether oxygens (including phenoxy) is 1. The Morgan fingerprint density at radius 3 is 2.64 bits per heavy atom. The fourth-order valence-electron chi connectivity index (χ4n) is 2.50. The van der Waals surface area contributed by atoms with Crippen molar-refractivity contribution >= 4 is 22.4 Å². The topological polar surface area (TPSA) is 45.7 Å². The molecule has 22 heavy (non-hydrogen) atoms. The lowest BCUT2D eigenvalue weighted by Crippen LogP contribution is -2.48. The summed E-state index contributed by atoms with van der Waals surface area (Å²) in [5.41, 5.74) is 2.17. The second kappa shape index (κ2) is 6.89. The zero-order valence-corrected chi connectivity index (χ0v) is 13.4. The van der Waals surface area contributed by atoms with E-state index in [1.165, 1.54) is 7.11 Å². The smallest absolute Gasteiger partial charge is 0.319 e. The third-order valence-electron chi connectivity index (χ3n) is 3.78. The van der Waals surface area contributed by atoms with Crippen LogP contribution >= 0.6 is 11.3 Å². The Morgan fingerprint density at radius 1 is 1.23 bits per heavy atom. The molecule has 1 fully saturated rings. The highest BCUT2D eigenvalue weighted by Gasteiger charge is 2.21. The van der Waals surface area contributed by atoms with E-state index in [1.54, 1.807) is 11.3 Å². The number of benzene rings is 1. The molecular weight excluding hydrogens is 298 g/mol. The second-order valence-corrected chi connectivity index (χ2v) is 6.06. The highest BCUT2D eigenvalue weighted by atomic mass is 32.1. The maximum atomic E-state index is 11.3. The monoisotopic (exact) mass is 317 g/mol. The van der Waals surface area contributed by atoms with Gasteiger partial charge in [0.1, 0.15) is 0 Å². The molecule has 2 aromatic rings. The lowest BCUT2D eigenvalue weighted by atomic mass is 10.2. The van der Waals surface area contributed by atoms with Crippen LogP contribution in [0, 0.1) is 0 Å². The number of hydrogen-bond acceptors (Lipinski definition) is 6. The summed E-state index contributed by atoms with van der Waals surface area (Å²) in [6.45, 7) is 3.86. The zero-order valence-electron chi connectivity index (χ0n) is 12.6. The molecule has 0 N–H and O–H groups in total. The van der Waals surface area contributed by atoms with Crippen LogP contribution in [0.3, 0.4) is 0 Å². The molecule has 0 saturated carbocycles. The van der Waals surface area contributed by atoms with Crippen LogP contribution in [0.2, 0.25) is 0 Å². The molecule has 2 heterocycles. The average Bonchev–Trinajstić information content (AvgIpc) is 3.06. The minimum absolute atomic E-state index is 0.172. The molecule has 1 saturated heterocycles. The minimum atomic E-state index is -0.172. The van der Waals surface area contributed by atoms with Crippen LogP contribution in [0.1, 0.15) is 0 Å². The van der Waals surface area contributed by atoms with Crippen LogP contribution < -0.4 is 4.90 Å². The van der Waals surface area contributed by atoms with Gasteiger partial charge in [-0.25, -0.2) is 4.98 Å². The first kappa shape index (κ1) is 15.0. The van der Waals surface area contributed by atoms with E-state index in [-0.39, 0.29) is 5.97 Å². The summed E-state index contributed by atoms with van der Waals surface area (Å²) in [5.74, 6) is -0.172. The van der Waals surface area contributed by atoms with Crippen molar-refractivity contribution < 1.29 is 9.53 Å². The Bertz CT molecular complexity index is 621. The number of esters is 1. The van der Waals surface area contributed by atoms with Crippen molar-refractivity contribution in [2.24, 2.45) is 0 Å². The Kier molecular flexibility index (Phi) is 4.70. The van der Waals surface area contributed by atoms with Crippen molar-refractivity contribution in [1.29, 1.82) is 0 Å². The Morgan fingerprint density at radius 2 is 1.95 bits per heavy atom. The summed E-state index contributed by atoms with van der Waals surface area (Å²) >= 11 is 1.68. The van der Waals surface area contributed by atoms with Gasteiger partial charge in [0.05, 0.1) is 19.3 Å². The van der Waals surface area contributed by atoms with Gasteiger partial charge in [-0.3, -0.25) is 9.69 Å². The Hall–Kier alpha value is -1.92. The predicted molar refractivity (Wildman–Crippen MR) is 88.2 cm³/mol. The molecule has 116 valence electrons. The first-order valence-corrected chi connectivity index (χ1v) is 8.19. The van der Waals surface area contributed by atoms with Crippen molar-refractivity contribution in [2.45, 2.75) is 0 Å². The quantitative estimate of drug-likeness (QED) is 0.808. The summed E-state index contributed by atoms with van der Waals surface area (Å²) in [4.78, 5) is 20.4. The Labute approximate surface area is 134 Å². The highest BCUT2D eigenvalue weighted by Crippen LogP contribution is 2.27. The van der Waals surface area contributed by atoms with E-state index < -0.39 is 0 Å². The molecule has 1 aliphatic heterocycles. The van der Waals surface area contributed by atoms with Crippen LogP contribution in [-0.2, 0) is 9.53 Å². The summed E-state index contributed by atoms with van der Waals surface area (Å²) in [6, 6.07) is 10.2. The van der Waals surface area contributed by atoms with Crippen molar-refractivity contribution in [2.75, 3.05) is 44.7 Å². The number of hydrogen-bond donors (Lipinski definition) is 0. The molecular formula is C16H19N3O2S. The lowest BCUT2D eigenvalue weighted by molar-refractivity contribution is -0.142. The lowest BCUT2D eigenvalue weighted by Gasteiger charge is -2.33. The van der Waals surface area contributed by atoms with Gasteiger partial charge in [0.15, 0.2) is 5.13 Å². The largest absolute Gasteiger partial charge is 0.468 e. The van der Waals surface area contributed by atoms with Crippen LogP contribution in [0.15, 0.2) is 35.7 Å². The number of aromatic nitrogens is 1. The maximum Gasteiger partial charge on any atom is 0.319 e. The molecule has 0 atom stereocenters. The van der Waals surface area contributed by atoms with E-state index in [2.05, 4.69) is 27.3 Å². The SMILES string of the molecule is COC(=O)CN1CCN(c2nc(-c3ccccc3)cs2)CC1. The fourth-order valence-corrected chi connectivity index (χ4v) is 3.38. The fraction of sp³-hybridized carbons (Fsp3) is 0.375. The molecule has 0 aliphatic carbocycles. The number of rotatable bonds is 4. The van der Waals surface area contributed by atoms with Gasteiger partial charge in [0, 0.05) is 37.1 Å². The molecule has 0 bridgehead atoms. The first-order chi connectivity index (χ1) is 10.8. The van der Waals surface area contributed by atoms with E-state index in [0.717, 1.165) is 42.6 Å². The summed E-state index contributed by atoms with van der Waals surface area (Å²) in [6.07, 6.45) is 0. The second-order valence-electron chi connectivity index (χ2n) is 5.22. The van der Waals surface area contributed by atoms with Gasteiger partial charge in [-0.2, -0.15) is 0 Å². The molecule has 0 amide bonds. The van der Waals surface area contributed by atoms with Crippen LogP contribution in [0.5, 0.6) is 0 Å². The van der Waals surface area contributed by atoms with E-state index in [1.807, 2.05) is 18.2 Å². The first-order valence-electron chi connectivity index (χ1n) is 7.31. The highest BCUT2D eigenvalue weighted by molar-refractivity contribution is 7.14. The van der Waals surface area contributed by atoms with Crippen molar-refractivity contribution in [1.82, 2.24) is 9.88 Å². The number of carbonyl (C=O) groups excluding carboxylic acids is 1. The van der Waals surface area contributed by atoms with Gasteiger partial charge in [0.2, 0.25) is 0 Å². The van der Waals surface area contributed by atoms with Crippen LogP contribution in [-0.4, -0.2) is 55.7 Å². The molecule has 0 spiro atoms. The molecule has 0 unspecified atom stereocenters. The van der Waals surface area contributed by atoms with E-state index >= 15 is 0 Å². The predicted octanol–water partition coefficient (Wildman–Crippen LogP) is 2.11. The average molecular weight is 317 g/mol. The van der Waals surface area contributed by atoms with E-state index in [4.69, 9.17) is 9.72 Å². The number of carbonyl (C=O) groups is 1. The molecule has 6 heteroatoms.